The molecule has 0 aliphatic carbocycles. The van der Waals surface area contributed by atoms with Gasteiger partial charge in [-0.3, -0.25) is 9.36 Å². The first-order valence-electron chi connectivity index (χ1n) is 7.00. The molecule has 0 aromatic carbocycles. The topological polar surface area (TPSA) is 154 Å². The SMILES string of the molecule is CC(=O)Nc1ccn([C@H]2C[C@H](O)C(O)[C@H](O)C(CO)O2)c(=O)n1. The minimum atomic E-state index is -1.51. The maximum atomic E-state index is 12.0. The van der Waals surface area contributed by atoms with Crippen LogP contribution in [0.4, 0.5) is 5.82 Å². The van der Waals surface area contributed by atoms with Crippen LogP contribution in [-0.2, 0) is 9.53 Å². The van der Waals surface area contributed by atoms with Gasteiger partial charge in [-0.25, -0.2) is 4.79 Å². The second kappa shape index (κ2) is 7.15. The van der Waals surface area contributed by atoms with E-state index in [1.165, 1.54) is 19.2 Å². The van der Waals surface area contributed by atoms with Crippen LogP contribution in [0.25, 0.3) is 0 Å². The Morgan fingerprint density at radius 1 is 1.43 bits per heavy atom. The van der Waals surface area contributed by atoms with Crippen LogP contribution in [0.2, 0.25) is 0 Å². The summed E-state index contributed by atoms with van der Waals surface area (Å²) in [5.74, 6) is -0.325. The van der Waals surface area contributed by atoms with Gasteiger partial charge in [0.1, 0.15) is 30.4 Å². The van der Waals surface area contributed by atoms with Crippen LogP contribution in [0.5, 0.6) is 0 Å². The third-order valence-corrected chi connectivity index (χ3v) is 3.52. The lowest BCUT2D eigenvalue weighted by atomic mass is 10.0. The molecular formula is C13H19N3O7. The number of hydrogen-bond acceptors (Lipinski definition) is 8. The van der Waals surface area contributed by atoms with E-state index in [1.807, 2.05) is 0 Å². The average molecular weight is 329 g/mol. The van der Waals surface area contributed by atoms with E-state index >= 15 is 0 Å². The lowest BCUT2D eigenvalue weighted by molar-refractivity contribution is -0.132. The van der Waals surface area contributed by atoms with Gasteiger partial charge in [0.2, 0.25) is 5.91 Å². The number of anilines is 1. The monoisotopic (exact) mass is 329 g/mol. The van der Waals surface area contributed by atoms with Gasteiger partial charge in [-0.2, -0.15) is 4.98 Å². The van der Waals surface area contributed by atoms with E-state index in [4.69, 9.17) is 4.74 Å². The summed E-state index contributed by atoms with van der Waals surface area (Å²) in [5, 5.41) is 41.1. The van der Waals surface area contributed by atoms with Crippen LogP contribution < -0.4 is 11.0 Å². The van der Waals surface area contributed by atoms with Crippen LogP contribution in [0.3, 0.4) is 0 Å². The number of hydrogen-bond donors (Lipinski definition) is 5. The summed E-state index contributed by atoms with van der Waals surface area (Å²) in [6.45, 7) is 0.667. The fourth-order valence-corrected chi connectivity index (χ4v) is 2.34. The number of rotatable bonds is 3. The van der Waals surface area contributed by atoms with E-state index in [2.05, 4.69) is 10.3 Å². The molecule has 1 aromatic heterocycles. The highest BCUT2D eigenvalue weighted by Crippen LogP contribution is 2.26. The van der Waals surface area contributed by atoms with Crippen molar-refractivity contribution < 1.29 is 30.0 Å². The summed E-state index contributed by atoms with van der Waals surface area (Å²) in [4.78, 5) is 26.7. The molecule has 0 saturated carbocycles. The minimum Gasteiger partial charge on any atom is -0.394 e. The highest BCUT2D eigenvalue weighted by molar-refractivity contribution is 5.87. The molecule has 1 saturated heterocycles. The van der Waals surface area contributed by atoms with Crippen molar-refractivity contribution in [2.45, 2.75) is 44.0 Å². The second-order valence-corrected chi connectivity index (χ2v) is 5.28. The van der Waals surface area contributed by atoms with Gasteiger partial charge in [0.15, 0.2) is 0 Å². The van der Waals surface area contributed by atoms with Crippen molar-refractivity contribution >= 4 is 11.7 Å². The van der Waals surface area contributed by atoms with Gasteiger partial charge in [-0.15, -0.1) is 0 Å². The van der Waals surface area contributed by atoms with Gasteiger partial charge in [-0.05, 0) is 6.07 Å². The number of aliphatic hydroxyl groups excluding tert-OH is 4. The summed E-state index contributed by atoms with van der Waals surface area (Å²) >= 11 is 0. The zero-order chi connectivity index (χ0) is 17.1. The molecule has 2 rings (SSSR count). The van der Waals surface area contributed by atoms with Crippen LogP contribution in [-0.4, -0.2) is 66.9 Å². The predicted octanol–water partition coefficient (Wildman–Crippen LogP) is -2.44. The lowest BCUT2D eigenvalue weighted by Gasteiger charge is -2.24. The largest absolute Gasteiger partial charge is 0.394 e. The summed E-state index contributed by atoms with van der Waals surface area (Å²) in [7, 11) is 0. The van der Waals surface area contributed by atoms with E-state index in [0.29, 0.717) is 0 Å². The molecule has 10 heteroatoms. The minimum absolute atomic E-state index is 0.0618. The molecule has 2 heterocycles. The molecule has 10 nitrogen and oxygen atoms in total. The molecule has 1 aromatic rings. The number of carbonyl (C=O) groups excluding carboxylic acids is 1. The Morgan fingerprint density at radius 2 is 2.13 bits per heavy atom. The van der Waals surface area contributed by atoms with Gasteiger partial charge in [-0.1, -0.05) is 0 Å². The van der Waals surface area contributed by atoms with Crippen molar-refractivity contribution in [1.29, 1.82) is 0 Å². The first-order valence-corrected chi connectivity index (χ1v) is 7.00. The van der Waals surface area contributed by atoms with Crippen molar-refractivity contribution in [1.82, 2.24) is 9.55 Å². The van der Waals surface area contributed by atoms with E-state index in [-0.39, 0.29) is 18.1 Å². The van der Waals surface area contributed by atoms with Crippen LogP contribution in [0.1, 0.15) is 19.6 Å². The first-order chi connectivity index (χ1) is 10.8. The van der Waals surface area contributed by atoms with Gasteiger partial charge < -0.3 is 30.5 Å². The molecule has 23 heavy (non-hydrogen) atoms. The average Bonchev–Trinajstić information content (AvgIpc) is 2.58. The Kier molecular flexibility index (Phi) is 5.44. The third-order valence-electron chi connectivity index (χ3n) is 3.52. The number of nitrogens with one attached hydrogen (secondary N) is 1. The number of ether oxygens (including phenoxy) is 1. The molecule has 128 valence electrons. The quantitative estimate of drug-likeness (QED) is 0.410. The fraction of sp³-hybridized carbons (Fsp3) is 0.615. The van der Waals surface area contributed by atoms with Crippen molar-refractivity contribution in [3.63, 3.8) is 0 Å². The first kappa shape index (κ1) is 17.5. The smallest absolute Gasteiger partial charge is 0.351 e. The maximum Gasteiger partial charge on any atom is 0.351 e. The molecule has 0 radical (unpaired) electrons. The summed E-state index contributed by atoms with van der Waals surface area (Å²) in [5.41, 5.74) is -0.754. The molecule has 1 amide bonds. The highest BCUT2D eigenvalue weighted by atomic mass is 16.5. The van der Waals surface area contributed by atoms with E-state index in [1.54, 1.807) is 0 Å². The number of aromatic nitrogens is 2. The highest BCUT2D eigenvalue weighted by Gasteiger charge is 2.39. The van der Waals surface area contributed by atoms with Crippen molar-refractivity contribution in [3.05, 3.63) is 22.7 Å². The zero-order valence-corrected chi connectivity index (χ0v) is 12.4. The number of amides is 1. The normalized spacial score (nSPS) is 31.4. The molecule has 1 fully saturated rings. The molecule has 1 aliphatic heterocycles. The number of nitrogens with zero attached hydrogens (tertiary/aromatic N) is 2. The van der Waals surface area contributed by atoms with E-state index in [0.717, 1.165) is 4.57 Å². The van der Waals surface area contributed by atoms with Crippen molar-refractivity contribution in [2.75, 3.05) is 11.9 Å². The second-order valence-electron chi connectivity index (χ2n) is 5.28. The Bertz CT molecular complexity index is 620. The number of carbonyl (C=O) groups is 1. The standard InChI is InChI=1S/C13H19N3O7/c1-6(18)14-9-2-3-16(13(22)15-9)10-4-7(19)11(20)12(21)8(5-17)23-10/h2-3,7-8,10-12,17,19-21H,4-5H2,1H3,(H,14,15,18,22)/t7-,8?,10+,11?,12+/m0/s1. The van der Waals surface area contributed by atoms with Crippen LogP contribution >= 0.6 is 0 Å². The Hall–Kier alpha value is -1.85. The van der Waals surface area contributed by atoms with Gasteiger partial charge >= 0.3 is 5.69 Å². The summed E-state index contributed by atoms with van der Waals surface area (Å²) < 4.78 is 6.46. The van der Waals surface area contributed by atoms with E-state index < -0.39 is 42.9 Å². The summed E-state index contributed by atoms with van der Waals surface area (Å²) in [6, 6.07) is 1.37. The molecule has 0 spiro atoms. The molecular weight excluding hydrogens is 310 g/mol. The fourth-order valence-electron chi connectivity index (χ4n) is 2.34. The molecule has 0 bridgehead atoms. The number of aliphatic hydroxyl groups is 4. The molecule has 2 unspecified atom stereocenters. The van der Waals surface area contributed by atoms with Crippen molar-refractivity contribution in [2.24, 2.45) is 0 Å². The van der Waals surface area contributed by atoms with E-state index in [9.17, 15) is 30.0 Å². The third kappa shape index (κ3) is 3.92. The van der Waals surface area contributed by atoms with Gasteiger partial charge in [0.05, 0.1) is 12.7 Å². The lowest BCUT2D eigenvalue weighted by Crippen LogP contribution is -2.44. The maximum absolute atomic E-state index is 12.0. The van der Waals surface area contributed by atoms with Gasteiger partial charge in [0.25, 0.3) is 0 Å². The molecule has 5 atom stereocenters. The molecule has 1 aliphatic rings. The van der Waals surface area contributed by atoms with Crippen LogP contribution in [0.15, 0.2) is 17.1 Å². The summed E-state index contributed by atoms with van der Waals surface area (Å²) in [6.07, 6.45) is -5.46. The zero-order valence-electron chi connectivity index (χ0n) is 12.4. The molecule has 5 N–H and O–H groups in total. The van der Waals surface area contributed by atoms with Gasteiger partial charge in [0, 0.05) is 19.5 Å². The Morgan fingerprint density at radius 3 is 2.70 bits per heavy atom. The van der Waals surface area contributed by atoms with Crippen LogP contribution in [0, 0.1) is 0 Å². The predicted molar refractivity (Wildman–Crippen MR) is 76.4 cm³/mol. The van der Waals surface area contributed by atoms with Crippen molar-refractivity contribution in [3.8, 4) is 0 Å². The Balaban J connectivity index is 2.29. The Labute approximate surface area is 131 Å².